The van der Waals surface area contributed by atoms with Gasteiger partial charge in [-0.05, 0) is 18.9 Å². The first-order valence-electron chi connectivity index (χ1n) is 7.82. The fraction of sp³-hybridized carbons (Fsp3) is 0.529. The van der Waals surface area contributed by atoms with E-state index < -0.39 is 0 Å². The molecule has 2 heterocycles. The predicted octanol–water partition coefficient (Wildman–Crippen LogP) is 4.39. The summed E-state index contributed by atoms with van der Waals surface area (Å²) < 4.78 is 7.76. The van der Waals surface area contributed by atoms with Crippen LogP contribution in [0.3, 0.4) is 0 Å². The summed E-state index contributed by atoms with van der Waals surface area (Å²) in [5, 5.41) is 1.37. The van der Waals surface area contributed by atoms with Crippen molar-refractivity contribution in [2.75, 3.05) is 30.3 Å². The quantitative estimate of drug-likeness (QED) is 0.497. The summed E-state index contributed by atoms with van der Waals surface area (Å²) >= 11 is 1.92. The van der Waals surface area contributed by atoms with Crippen LogP contribution < -0.4 is 4.90 Å². The summed E-state index contributed by atoms with van der Waals surface area (Å²) in [7, 11) is 0. The highest BCUT2D eigenvalue weighted by atomic mass is 32.2. The monoisotopic (exact) mass is 306 g/mol. The Morgan fingerprint density at radius 1 is 1.38 bits per heavy atom. The van der Waals surface area contributed by atoms with Crippen molar-refractivity contribution in [1.29, 1.82) is 0 Å². The van der Waals surface area contributed by atoms with Crippen molar-refractivity contribution >= 4 is 23.7 Å². The Balaban J connectivity index is 2.30. The van der Waals surface area contributed by atoms with Gasteiger partial charge in [-0.1, -0.05) is 32.6 Å². The number of nitrogens with zero attached hydrogens (tertiary/aromatic N) is 2. The van der Waals surface area contributed by atoms with Crippen LogP contribution in [0.1, 0.15) is 32.3 Å². The van der Waals surface area contributed by atoms with Gasteiger partial charge in [0.1, 0.15) is 12.4 Å². The predicted molar refractivity (Wildman–Crippen MR) is 93.1 cm³/mol. The number of aromatic nitrogens is 1. The molecule has 0 atom stereocenters. The Kier molecular flexibility index (Phi) is 6.30. The molecule has 3 nitrogen and oxygen atoms in total. The number of hydrogen-bond acceptors (Lipinski definition) is 3. The van der Waals surface area contributed by atoms with Crippen molar-refractivity contribution in [3.05, 3.63) is 30.5 Å². The minimum Gasteiger partial charge on any atom is -0.500 e. The Morgan fingerprint density at radius 3 is 2.81 bits per heavy atom. The molecule has 0 radical (unpaired) electrons. The average Bonchev–Trinajstić information content (AvgIpc) is 2.86. The van der Waals surface area contributed by atoms with E-state index in [1.807, 2.05) is 11.8 Å². The molecule has 116 valence electrons. The highest BCUT2D eigenvalue weighted by molar-refractivity contribution is 7.99. The number of ether oxygens (including phenoxy) is 1. The molecule has 0 aliphatic carbocycles. The van der Waals surface area contributed by atoms with Gasteiger partial charge in [-0.2, -0.15) is 0 Å². The van der Waals surface area contributed by atoms with Crippen LogP contribution >= 0.6 is 11.8 Å². The van der Waals surface area contributed by atoms with Gasteiger partial charge in [0.25, 0.3) is 0 Å². The van der Waals surface area contributed by atoms with Crippen LogP contribution in [-0.4, -0.2) is 30.0 Å². The first-order valence-corrected chi connectivity index (χ1v) is 8.80. The summed E-state index contributed by atoms with van der Waals surface area (Å²) in [6, 6.07) is 2.33. The van der Waals surface area contributed by atoms with E-state index in [-0.39, 0.29) is 0 Å². The fourth-order valence-corrected chi connectivity index (χ4v) is 3.69. The van der Waals surface area contributed by atoms with E-state index in [4.69, 9.17) is 4.74 Å². The molecule has 0 saturated carbocycles. The molecule has 1 aliphatic heterocycles. The molecule has 1 aromatic rings. The fourth-order valence-electron chi connectivity index (χ4n) is 2.71. The summed E-state index contributed by atoms with van der Waals surface area (Å²) in [4.78, 5) is 2.50. The molecule has 2 rings (SSSR count). The molecule has 0 unspecified atom stereocenters. The van der Waals surface area contributed by atoms with Crippen LogP contribution in [-0.2, 0) is 11.3 Å². The van der Waals surface area contributed by atoms with Gasteiger partial charge in [-0.3, -0.25) is 0 Å². The zero-order valence-corrected chi connectivity index (χ0v) is 14.0. The third-order valence-corrected chi connectivity index (χ3v) is 4.62. The lowest BCUT2D eigenvalue weighted by Gasteiger charge is -2.26. The molecule has 1 aromatic heterocycles. The van der Waals surface area contributed by atoms with E-state index >= 15 is 0 Å². The van der Waals surface area contributed by atoms with Crippen LogP contribution in [0.4, 0.5) is 5.82 Å². The van der Waals surface area contributed by atoms with Crippen LogP contribution in [0.15, 0.2) is 30.0 Å². The normalized spacial score (nSPS) is 13.0. The minimum absolute atomic E-state index is 0.675. The maximum absolute atomic E-state index is 5.35. The van der Waals surface area contributed by atoms with Gasteiger partial charge in [-0.15, -0.1) is 11.8 Å². The topological polar surface area (TPSA) is 17.4 Å². The molecule has 0 aromatic carbocycles. The second kappa shape index (κ2) is 8.23. The summed E-state index contributed by atoms with van der Waals surface area (Å²) in [6.07, 6.45) is 8.35. The number of anilines is 1. The summed E-state index contributed by atoms with van der Waals surface area (Å²) in [5.41, 5.74) is 1.34. The smallest absolute Gasteiger partial charge is 0.110 e. The summed E-state index contributed by atoms with van der Waals surface area (Å²) in [6.45, 7) is 11.9. The molecule has 4 heteroatoms. The van der Waals surface area contributed by atoms with Crippen LogP contribution in [0, 0.1) is 0 Å². The van der Waals surface area contributed by atoms with E-state index in [0.717, 1.165) is 25.4 Å². The number of fused-ring (bicyclic) bond motifs is 1. The van der Waals surface area contributed by atoms with Crippen LogP contribution in [0.5, 0.6) is 0 Å². The van der Waals surface area contributed by atoms with E-state index in [2.05, 4.69) is 48.1 Å². The molecule has 0 saturated heterocycles. The molecule has 0 bridgehead atoms. The van der Waals surface area contributed by atoms with Crippen molar-refractivity contribution in [3.63, 3.8) is 0 Å². The standard InChI is InChI=1S/C17H26N2OS/c1-4-9-18(10-5-2)16-14-15-8-7-13-21-17(15)19(16)11-12-20-6-3/h6-8,14H,3-5,9-13H2,1-2H3. The maximum Gasteiger partial charge on any atom is 0.110 e. The molecular weight excluding hydrogens is 280 g/mol. The van der Waals surface area contributed by atoms with Crippen LogP contribution in [0.25, 0.3) is 6.08 Å². The zero-order chi connectivity index (χ0) is 15.1. The zero-order valence-electron chi connectivity index (χ0n) is 13.2. The van der Waals surface area contributed by atoms with E-state index in [9.17, 15) is 0 Å². The van der Waals surface area contributed by atoms with Gasteiger partial charge in [0.15, 0.2) is 0 Å². The lowest BCUT2D eigenvalue weighted by Crippen LogP contribution is -2.27. The number of thioether (sulfide) groups is 1. The second-order valence-corrected chi connectivity index (χ2v) is 6.16. The highest BCUT2D eigenvalue weighted by Gasteiger charge is 2.19. The Hall–Kier alpha value is -1.29. The van der Waals surface area contributed by atoms with Gasteiger partial charge in [0, 0.05) is 24.4 Å². The molecular formula is C17H26N2OS. The summed E-state index contributed by atoms with van der Waals surface area (Å²) in [5.74, 6) is 2.38. The van der Waals surface area contributed by atoms with E-state index in [0.29, 0.717) is 6.61 Å². The van der Waals surface area contributed by atoms with Crippen LogP contribution in [0.2, 0.25) is 0 Å². The number of hydrogen-bond donors (Lipinski definition) is 0. The van der Waals surface area contributed by atoms with E-state index in [1.165, 1.54) is 35.5 Å². The SMILES string of the molecule is C=COCCn1c(N(CCC)CCC)cc2c1SCC=C2. The van der Waals surface area contributed by atoms with Crippen molar-refractivity contribution in [1.82, 2.24) is 4.57 Å². The average molecular weight is 306 g/mol. The van der Waals surface area contributed by atoms with E-state index in [1.54, 1.807) is 0 Å². The van der Waals surface area contributed by atoms with Crippen molar-refractivity contribution in [2.45, 2.75) is 38.3 Å². The maximum atomic E-state index is 5.35. The molecule has 0 N–H and O–H groups in total. The van der Waals surface area contributed by atoms with Crippen molar-refractivity contribution in [2.24, 2.45) is 0 Å². The first-order chi connectivity index (χ1) is 10.3. The van der Waals surface area contributed by atoms with Gasteiger partial charge < -0.3 is 14.2 Å². The number of rotatable bonds is 9. The van der Waals surface area contributed by atoms with Crippen molar-refractivity contribution in [3.8, 4) is 0 Å². The molecule has 1 aliphatic rings. The third-order valence-electron chi connectivity index (χ3n) is 3.53. The highest BCUT2D eigenvalue weighted by Crippen LogP contribution is 2.35. The first kappa shape index (κ1) is 16.1. The van der Waals surface area contributed by atoms with Gasteiger partial charge >= 0.3 is 0 Å². The third kappa shape index (κ3) is 3.88. The lowest BCUT2D eigenvalue weighted by atomic mass is 10.3. The molecule has 21 heavy (non-hydrogen) atoms. The molecule has 0 amide bonds. The second-order valence-electron chi connectivity index (χ2n) is 5.15. The largest absolute Gasteiger partial charge is 0.500 e. The van der Waals surface area contributed by atoms with Crippen molar-refractivity contribution < 1.29 is 4.74 Å². The molecule has 0 fully saturated rings. The van der Waals surface area contributed by atoms with Gasteiger partial charge in [-0.25, -0.2) is 0 Å². The minimum atomic E-state index is 0.675. The lowest BCUT2D eigenvalue weighted by molar-refractivity contribution is 0.233. The molecule has 0 spiro atoms. The Morgan fingerprint density at radius 2 is 2.14 bits per heavy atom. The Bertz CT molecular complexity index is 487. The van der Waals surface area contributed by atoms with Gasteiger partial charge in [0.05, 0.1) is 17.8 Å². The van der Waals surface area contributed by atoms with Gasteiger partial charge in [0.2, 0.25) is 0 Å². The Labute approximate surface area is 132 Å².